The minimum Gasteiger partial charge on any atom is -0.487 e. The quantitative estimate of drug-likeness (QED) is 0.905. The summed E-state index contributed by atoms with van der Waals surface area (Å²) in [6.45, 7) is 0.904. The molecule has 0 bridgehead atoms. The SMILES string of the molecule is NCc1cccc(OCc2cc(Cl)ccn2)c1. The molecule has 0 spiro atoms. The highest BCUT2D eigenvalue weighted by Crippen LogP contribution is 2.15. The van der Waals surface area contributed by atoms with Crippen LogP contribution in [0.4, 0.5) is 0 Å². The Morgan fingerprint density at radius 2 is 2.12 bits per heavy atom. The van der Waals surface area contributed by atoms with Gasteiger partial charge in [-0.3, -0.25) is 4.98 Å². The number of nitrogens with zero attached hydrogens (tertiary/aromatic N) is 1. The average molecular weight is 249 g/mol. The van der Waals surface area contributed by atoms with E-state index in [9.17, 15) is 0 Å². The van der Waals surface area contributed by atoms with Gasteiger partial charge >= 0.3 is 0 Å². The van der Waals surface area contributed by atoms with Gasteiger partial charge in [-0.05, 0) is 29.8 Å². The molecule has 2 rings (SSSR count). The van der Waals surface area contributed by atoms with Crippen LogP contribution in [0.1, 0.15) is 11.3 Å². The number of rotatable bonds is 4. The van der Waals surface area contributed by atoms with E-state index in [2.05, 4.69) is 4.98 Å². The number of nitrogens with two attached hydrogens (primary N) is 1. The smallest absolute Gasteiger partial charge is 0.130 e. The van der Waals surface area contributed by atoms with Gasteiger partial charge in [0.1, 0.15) is 12.4 Å². The molecule has 0 aliphatic rings. The molecule has 2 aromatic rings. The maximum atomic E-state index is 5.86. The first-order valence-electron chi connectivity index (χ1n) is 5.30. The molecule has 0 amide bonds. The first-order chi connectivity index (χ1) is 8.28. The fourth-order valence-electron chi connectivity index (χ4n) is 1.45. The van der Waals surface area contributed by atoms with Crippen LogP contribution >= 0.6 is 11.6 Å². The number of hydrogen-bond donors (Lipinski definition) is 1. The Hall–Kier alpha value is -1.58. The van der Waals surface area contributed by atoms with E-state index in [1.54, 1.807) is 18.3 Å². The molecule has 0 radical (unpaired) electrons. The van der Waals surface area contributed by atoms with E-state index in [-0.39, 0.29) is 0 Å². The molecule has 0 fully saturated rings. The first-order valence-corrected chi connectivity index (χ1v) is 5.68. The fraction of sp³-hybridized carbons (Fsp3) is 0.154. The highest BCUT2D eigenvalue weighted by atomic mass is 35.5. The van der Waals surface area contributed by atoms with E-state index in [4.69, 9.17) is 22.1 Å². The lowest BCUT2D eigenvalue weighted by atomic mass is 10.2. The summed E-state index contributed by atoms with van der Waals surface area (Å²) in [5.74, 6) is 0.787. The molecule has 2 N–H and O–H groups in total. The van der Waals surface area contributed by atoms with E-state index in [0.29, 0.717) is 18.2 Å². The van der Waals surface area contributed by atoms with Gasteiger partial charge in [0.25, 0.3) is 0 Å². The second kappa shape index (κ2) is 5.66. The van der Waals surface area contributed by atoms with E-state index in [1.807, 2.05) is 24.3 Å². The minimum absolute atomic E-state index is 0.397. The molecule has 4 heteroatoms. The normalized spacial score (nSPS) is 10.2. The number of pyridine rings is 1. The zero-order valence-electron chi connectivity index (χ0n) is 9.27. The van der Waals surface area contributed by atoms with Crippen molar-refractivity contribution >= 4 is 11.6 Å². The molecule has 17 heavy (non-hydrogen) atoms. The van der Waals surface area contributed by atoms with Crippen molar-refractivity contribution < 1.29 is 4.74 Å². The summed E-state index contributed by atoms with van der Waals surface area (Å²) >= 11 is 5.86. The summed E-state index contributed by atoms with van der Waals surface area (Å²) in [5.41, 5.74) is 7.41. The second-order valence-electron chi connectivity index (χ2n) is 3.61. The van der Waals surface area contributed by atoms with Crippen LogP contribution in [0.25, 0.3) is 0 Å². The molecule has 3 nitrogen and oxygen atoms in total. The molecule has 0 aliphatic heterocycles. The number of ether oxygens (including phenoxy) is 1. The Kier molecular flexibility index (Phi) is 3.96. The van der Waals surface area contributed by atoms with Crippen molar-refractivity contribution in [2.24, 2.45) is 5.73 Å². The summed E-state index contributed by atoms with van der Waals surface area (Å²) in [6.07, 6.45) is 1.66. The minimum atomic E-state index is 0.397. The van der Waals surface area contributed by atoms with Gasteiger partial charge in [0.2, 0.25) is 0 Å². The van der Waals surface area contributed by atoms with E-state index >= 15 is 0 Å². The Labute approximate surface area is 105 Å². The van der Waals surface area contributed by atoms with Crippen molar-refractivity contribution in [3.05, 3.63) is 58.9 Å². The Morgan fingerprint density at radius 3 is 2.88 bits per heavy atom. The summed E-state index contributed by atoms with van der Waals surface area (Å²) in [4.78, 5) is 4.16. The van der Waals surface area contributed by atoms with E-state index in [0.717, 1.165) is 17.0 Å². The number of hydrogen-bond acceptors (Lipinski definition) is 3. The molecule has 0 unspecified atom stereocenters. The summed E-state index contributed by atoms with van der Waals surface area (Å²) in [6, 6.07) is 11.2. The van der Waals surface area contributed by atoms with Crippen LogP contribution in [0.5, 0.6) is 5.75 Å². The standard InChI is InChI=1S/C13H13ClN2O/c14-11-4-5-16-12(7-11)9-17-13-3-1-2-10(6-13)8-15/h1-7H,8-9,15H2. The van der Waals surface area contributed by atoms with Crippen molar-refractivity contribution in [2.75, 3.05) is 0 Å². The Morgan fingerprint density at radius 1 is 1.24 bits per heavy atom. The summed E-state index contributed by atoms with van der Waals surface area (Å²) in [5, 5.41) is 0.661. The topological polar surface area (TPSA) is 48.1 Å². The monoisotopic (exact) mass is 248 g/mol. The van der Waals surface area contributed by atoms with Crippen LogP contribution in [-0.4, -0.2) is 4.98 Å². The van der Waals surface area contributed by atoms with Crippen molar-refractivity contribution in [1.82, 2.24) is 4.98 Å². The largest absolute Gasteiger partial charge is 0.487 e. The molecule has 88 valence electrons. The zero-order valence-corrected chi connectivity index (χ0v) is 10.0. The third-order valence-electron chi connectivity index (χ3n) is 2.30. The van der Waals surface area contributed by atoms with Crippen molar-refractivity contribution in [1.29, 1.82) is 0 Å². The van der Waals surface area contributed by atoms with Crippen molar-refractivity contribution in [2.45, 2.75) is 13.2 Å². The number of halogens is 1. The predicted octanol–water partition coefficient (Wildman–Crippen LogP) is 2.77. The number of benzene rings is 1. The lowest BCUT2D eigenvalue weighted by molar-refractivity contribution is 0.301. The molecular formula is C13H13ClN2O. The van der Waals surface area contributed by atoms with Crippen LogP contribution in [0.15, 0.2) is 42.6 Å². The molecule has 0 atom stereocenters. The van der Waals surface area contributed by atoms with E-state index < -0.39 is 0 Å². The van der Waals surface area contributed by atoms with Gasteiger partial charge in [0.15, 0.2) is 0 Å². The van der Waals surface area contributed by atoms with Crippen molar-refractivity contribution in [3.63, 3.8) is 0 Å². The van der Waals surface area contributed by atoms with Crippen LogP contribution in [0, 0.1) is 0 Å². The summed E-state index contributed by atoms with van der Waals surface area (Å²) < 4.78 is 5.61. The van der Waals surface area contributed by atoms with Crippen LogP contribution in [-0.2, 0) is 13.2 Å². The average Bonchev–Trinajstić information content (AvgIpc) is 2.37. The summed E-state index contributed by atoms with van der Waals surface area (Å²) in [7, 11) is 0. The third kappa shape index (κ3) is 3.44. The lowest BCUT2D eigenvalue weighted by Gasteiger charge is -2.07. The van der Waals surface area contributed by atoms with Gasteiger partial charge in [0.05, 0.1) is 5.69 Å². The molecule has 0 saturated heterocycles. The Bertz CT molecular complexity index is 502. The van der Waals surface area contributed by atoms with Gasteiger partial charge in [-0.15, -0.1) is 0 Å². The maximum Gasteiger partial charge on any atom is 0.130 e. The Balaban J connectivity index is 2.02. The fourth-order valence-corrected chi connectivity index (χ4v) is 1.63. The highest BCUT2D eigenvalue weighted by Gasteiger charge is 1.99. The van der Waals surface area contributed by atoms with Crippen molar-refractivity contribution in [3.8, 4) is 5.75 Å². The van der Waals surface area contributed by atoms with Gasteiger partial charge in [-0.2, -0.15) is 0 Å². The van der Waals surface area contributed by atoms with Gasteiger partial charge in [0, 0.05) is 17.8 Å². The van der Waals surface area contributed by atoms with Crippen LogP contribution < -0.4 is 10.5 Å². The van der Waals surface area contributed by atoms with Crippen LogP contribution in [0.2, 0.25) is 5.02 Å². The molecule has 1 heterocycles. The van der Waals surface area contributed by atoms with E-state index in [1.165, 1.54) is 0 Å². The van der Waals surface area contributed by atoms with Gasteiger partial charge in [-0.1, -0.05) is 23.7 Å². The molecule has 0 saturated carbocycles. The van der Waals surface area contributed by atoms with Gasteiger partial charge in [-0.25, -0.2) is 0 Å². The highest BCUT2D eigenvalue weighted by molar-refractivity contribution is 6.30. The third-order valence-corrected chi connectivity index (χ3v) is 2.53. The first kappa shape index (κ1) is 11.9. The molecule has 1 aromatic heterocycles. The van der Waals surface area contributed by atoms with Crippen LogP contribution in [0.3, 0.4) is 0 Å². The maximum absolute atomic E-state index is 5.86. The zero-order chi connectivity index (χ0) is 12.1. The lowest BCUT2D eigenvalue weighted by Crippen LogP contribution is -2.00. The molecule has 1 aromatic carbocycles. The van der Waals surface area contributed by atoms with Gasteiger partial charge < -0.3 is 10.5 Å². The molecular weight excluding hydrogens is 236 g/mol. The number of aromatic nitrogens is 1. The molecule has 0 aliphatic carbocycles. The second-order valence-corrected chi connectivity index (χ2v) is 4.04. The predicted molar refractivity (Wildman–Crippen MR) is 67.9 cm³/mol.